The topological polar surface area (TPSA) is 3.24 Å². The minimum Gasteiger partial charge on any atom is -0.305 e. The van der Waals surface area contributed by atoms with Gasteiger partial charge in [0.15, 0.2) is 0 Å². The predicted octanol–water partition coefficient (Wildman–Crippen LogP) is 3.78. The van der Waals surface area contributed by atoms with Crippen LogP contribution in [-0.4, -0.2) is 25.0 Å². The number of likely N-dealkylation sites (tertiary alicyclic amines) is 1. The molecule has 0 N–H and O–H groups in total. The highest BCUT2D eigenvalue weighted by Crippen LogP contribution is 2.37. The molecule has 1 nitrogen and oxygen atoms in total. The SMILES string of the molecule is CC(C)[C@@H]1CN(C)C[C@H]1c1ccc(Cl)c(F)c1. The first-order valence-corrected chi connectivity index (χ1v) is 6.50. The molecule has 1 saturated heterocycles. The molecular weight excluding hydrogens is 237 g/mol. The van der Waals surface area contributed by atoms with E-state index >= 15 is 0 Å². The number of likely N-dealkylation sites (N-methyl/N-ethyl adjacent to an activating group) is 1. The van der Waals surface area contributed by atoms with Crippen LogP contribution in [-0.2, 0) is 0 Å². The van der Waals surface area contributed by atoms with E-state index in [0.717, 1.165) is 18.7 Å². The van der Waals surface area contributed by atoms with Crippen LogP contribution in [0.4, 0.5) is 4.39 Å². The Kier molecular flexibility index (Phi) is 3.74. The summed E-state index contributed by atoms with van der Waals surface area (Å²) in [5.41, 5.74) is 1.08. The van der Waals surface area contributed by atoms with Crippen LogP contribution in [0, 0.1) is 17.7 Å². The van der Waals surface area contributed by atoms with Crippen molar-refractivity contribution in [2.45, 2.75) is 19.8 Å². The quantitative estimate of drug-likeness (QED) is 0.777. The van der Waals surface area contributed by atoms with E-state index in [2.05, 4.69) is 25.8 Å². The Balaban J connectivity index is 2.28. The zero-order chi connectivity index (χ0) is 12.6. The van der Waals surface area contributed by atoms with Gasteiger partial charge >= 0.3 is 0 Å². The Morgan fingerprint density at radius 3 is 2.65 bits per heavy atom. The Morgan fingerprint density at radius 1 is 1.35 bits per heavy atom. The van der Waals surface area contributed by atoms with Gasteiger partial charge in [0.1, 0.15) is 5.82 Å². The molecule has 2 rings (SSSR count). The third-order valence-electron chi connectivity index (χ3n) is 3.78. The fourth-order valence-electron chi connectivity index (χ4n) is 2.80. The standard InChI is InChI=1S/C14H19ClFN/c1-9(2)11-7-17(3)8-12(11)10-4-5-13(15)14(16)6-10/h4-6,9,11-12H,7-8H2,1-3H3/t11-,12-/m0/s1. The van der Waals surface area contributed by atoms with Gasteiger partial charge in [-0.25, -0.2) is 4.39 Å². The fraction of sp³-hybridized carbons (Fsp3) is 0.571. The van der Waals surface area contributed by atoms with Crippen LogP contribution in [0.3, 0.4) is 0 Å². The Hall–Kier alpha value is -0.600. The van der Waals surface area contributed by atoms with Crippen molar-refractivity contribution in [3.8, 4) is 0 Å². The second-order valence-electron chi connectivity index (χ2n) is 5.41. The van der Waals surface area contributed by atoms with Gasteiger partial charge in [-0.3, -0.25) is 0 Å². The van der Waals surface area contributed by atoms with Crippen molar-refractivity contribution in [3.63, 3.8) is 0 Å². The van der Waals surface area contributed by atoms with Gasteiger partial charge in [0, 0.05) is 19.0 Å². The molecule has 17 heavy (non-hydrogen) atoms. The average molecular weight is 256 g/mol. The van der Waals surface area contributed by atoms with Crippen LogP contribution in [0.15, 0.2) is 18.2 Å². The van der Waals surface area contributed by atoms with E-state index in [1.165, 1.54) is 0 Å². The average Bonchev–Trinajstić information content (AvgIpc) is 2.64. The summed E-state index contributed by atoms with van der Waals surface area (Å²) in [5, 5.41) is 0.209. The lowest BCUT2D eigenvalue weighted by Crippen LogP contribution is -2.17. The van der Waals surface area contributed by atoms with Crippen molar-refractivity contribution >= 4 is 11.6 Å². The summed E-state index contributed by atoms with van der Waals surface area (Å²) >= 11 is 5.73. The maximum Gasteiger partial charge on any atom is 0.142 e. The molecule has 1 fully saturated rings. The van der Waals surface area contributed by atoms with Crippen LogP contribution in [0.25, 0.3) is 0 Å². The van der Waals surface area contributed by atoms with Gasteiger partial charge in [-0.2, -0.15) is 0 Å². The minimum atomic E-state index is -0.304. The molecule has 1 aromatic carbocycles. The number of hydrogen-bond donors (Lipinski definition) is 0. The van der Waals surface area contributed by atoms with E-state index in [0.29, 0.717) is 17.8 Å². The first kappa shape index (κ1) is 12.8. The number of nitrogens with zero attached hydrogens (tertiary/aromatic N) is 1. The highest BCUT2D eigenvalue weighted by atomic mass is 35.5. The highest BCUT2D eigenvalue weighted by molar-refractivity contribution is 6.30. The van der Waals surface area contributed by atoms with Crippen molar-refractivity contribution in [2.24, 2.45) is 11.8 Å². The minimum absolute atomic E-state index is 0.209. The number of hydrogen-bond acceptors (Lipinski definition) is 1. The number of halogens is 2. The maximum atomic E-state index is 13.5. The van der Waals surface area contributed by atoms with Gasteiger partial charge in [-0.1, -0.05) is 31.5 Å². The molecule has 2 atom stereocenters. The molecule has 3 heteroatoms. The molecule has 0 unspecified atom stereocenters. The summed E-state index contributed by atoms with van der Waals surface area (Å²) in [7, 11) is 2.13. The van der Waals surface area contributed by atoms with Crippen LogP contribution in [0.1, 0.15) is 25.3 Å². The lowest BCUT2D eigenvalue weighted by molar-refractivity contribution is 0.344. The van der Waals surface area contributed by atoms with Crippen LogP contribution in [0.2, 0.25) is 5.02 Å². The van der Waals surface area contributed by atoms with Gasteiger partial charge in [-0.05, 0) is 36.6 Å². The number of rotatable bonds is 2. The predicted molar refractivity (Wildman–Crippen MR) is 70.0 cm³/mol. The van der Waals surface area contributed by atoms with Crippen LogP contribution in [0.5, 0.6) is 0 Å². The van der Waals surface area contributed by atoms with E-state index in [1.54, 1.807) is 12.1 Å². The summed E-state index contributed by atoms with van der Waals surface area (Å²) in [5.74, 6) is 1.33. The fourth-order valence-corrected chi connectivity index (χ4v) is 2.92. The Labute approximate surface area is 108 Å². The molecule has 1 aliphatic rings. The molecule has 0 spiro atoms. The molecule has 1 aliphatic heterocycles. The van der Waals surface area contributed by atoms with Gasteiger partial charge in [-0.15, -0.1) is 0 Å². The largest absolute Gasteiger partial charge is 0.305 e. The van der Waals surface area contributed by atoms with Crippen molar-refractivity contribution < 1.29 is 4.39 Å². The molecule has 0 aromatic heterocycles. The normalized spacial score (nSPS) is 25.8. The molecule has 1 heterocycles. The van der Waals surface area contributed by atoms with Gasteiger partial charge in [0.2, 0.25) is 0 Å². The molecule has 1 aromatic rings. The molecular formula is C14H19ClFN. The Bertz CT molecular complexity index is 405. The van der Waals surface area contributed by atoms with Gasteiger partial charge < -0.3 is 4.90 Å². The van der Waals surface area contributed by atoms with Gasteiger partial charge in [0.05, 0.1) is 5.02 Å². The van der Waals surface area contributed by atoms with Gasteiger partial charge in [0.25, 0.3) is 0 Å². The summed E-state index contributed by atoms with van der Waals surface area (Å²) in [4.78, 5) is 2.32. The van der Waals surface area contributed by atoms with Crippen molar-refractivity contribution in [1.29, 1.82) is 0 Å². The van der Waals surface area contributed by atoms with Crippen molar-refractivity contribution in [2.75, 3.05) is 20.1 Å². The first-order valence-electron chi connectivity index (χ1n) is 6.12. The zero-order valence-electron chi connectivity index (χ0n) is 10.6. The summed E-state index contributed by atoms with van der Waals surface area (Å²) in [6.45, 7) is 6.57. The smallest absolute Gasteiger partial charge is 0.142 e. The van der Waals surface area contributed by atoms with E-state index in [9.17, 15) is 4.39 Å². The third kappa shape index (κ3) is 2.63. The molecule has 0 bridgehead atoms. The van der Waals surface area contributed by atoms with E-state index in [4.69, 9.17) is 11.6 Å². The summed E-state index contributed by atoms with van der Waals surface area (Å²) in [6, 6.07) is 5.23. The highest BCUT2D eigenvalue weighted by Gasteiger charge is 2.34. The second kappa shape index (κ2) is 4.95. The molecule has 0 amide bonds. The van der Waals surface area contributed by atoms with Crippen molar-refractivity contribution in [1.82, 2.24) is 4.90 Å². The first-order chi connectivity index (χ1) is 7.99. The van der Waals surface area contributed by atoms with Crippen LogP contribution >= 0.6 is 11.6 Å². The molecule has 0 aliphatic carbocycles. The lowest BCUT2D eigenvalue weighted by Gasteiger charge is -2.22. The molecule has 94 valence electrons. The van der Waals surface area contributed by atoms with E-state index in [-0.39, 0.29) is 10.8 Å². The van der Waals surface area contributed by atoms with Crippen LogP contribution < -0.4 is 0 Å². The lowest BCUT2D eigenvalue weighted by atomic mass is 9.82. The molecule has 0 saturated carbocycles. The Morgan fingerprint density at radius 2 is 2.06 bits per heavy atom. The summed E-state index contributed by atoms with van der Waals surface area (Å²) < 4.78 is 13.5. The monoisotopic (exact) mass is 255 g/mol. The second-order valence-corrected chi connectivity index (χ2v) is 5.82. The molecule has 0 radical (unpaired) electrons. The third-order valence-corrected chi connectivity index (χ3v) is 4.08. The number of benzene rings is 1. The zero-order valence-corrected chi connectivity index (χ0v) is 11.3. The van der Waals surface area contributed by atoms with E-state index < -0.39 is 0 Å². The summed E-state index contributed by atoms with van der Waals surface area (Å²) in [6.07, 6.45) is 0. The van der Waals surface area contributed by atoms with Crippen molar-refractivity contribution in [3.05, 3.63) is 34.6 Å². The van der Waals surface area contributed by atoms with E-state index in [1.807, 2.05) is 6.07 Å². The maximum absolute atomic E-state index is 13.5.